The number of hydrogen-bond donors (Lipinski definition) is 1. The van der Waals surface area contributed by atoms with E-state index in [4.69, 9.17) is 5.73 Å². The van der Waals surface area contributed by atoms with Crippen LogP contribution in [0.15, 0.2) is 30.5 Å². The van der Waals surface area contributed by atoms with Gasteiger partial charge in [-0.2, -0.15) is 0 Å². The van der Waals surface area contributed by atoms with E-state index in [1.807, 2.05) is 32.0 Å². The van der Waals surface area contributed by atoms with Crippen molar-refractivity contribution in [1.29, 1.82) is 0 Å². The Morgan fingerprint density at radius 3 is 2.71 bits per heavy atom. The van der Waals surface area contributed by atoms with Crippen LogP contribution in [0.4, 0.5) is 0 Å². The Bertz CT molecular complexity index is 579. The molecule has 2 rings (SSSR count). The van der Waals surface area contributed by atoms with Crippen molar-refractivity contribution in [3.63, 3.8) is 0 Å². The highest BCUT2D eigenvalue weighted by Gasteiger charge is 2.08. The molecule has 2 aromatic rings. The number of rotatable bonds is 2. The van der Waals surface area contributed by atoms with Crippen molar-refractivity contribution in [1.82, 2.24) is 9.97 Å². The molecule has 0 unspecified atom stereocenters. The zero-order chi connectivity index (χ0) is 12.4. The summed E-state index contributed by atoms with van der Waals surface area (Å²) < 4.78 is 0. The lowest BCUT2D eigenvalue weighted by Crippen LogP contribution is -2.11. The Balaban J connectivity index is 2.58. The molecule has 0 aliphatic rings. The summed E-state index contributed by atoms with van der Waals surface area (Å²) in [6.07, 6.45) is 1.48. The molecule has 0 aliphatic carbocycles. The highest BCUT2D eigenvalue weighted by molar-refractivity contribution is 5.93. The van der Waals surface area contributed by atoms with Gasteiger partial charge in [-0.25, -0.2) is 0 Å². The van der Waals surface area contributed by atoms with Crippen molar-refractivity contribution in [2.45, 2.75) is 13.8 Å². The van der Waals surface area contributed by atoms with Crippen LogP contribution < -0.4 is 5.73 Å². The first-order chi connectivity index (χ1) is 8.08. The van der Waals surface area contributed by atoms with Gasteiger partial charge in [-0.15, -0.1) is 0 Å². The molecule has 0 spiro atoms. The van der Waals surface area contributed by atoms with Crippen LogP contribution in [0, 0.1) is 13.8 Å². The van der Waals surface area contributed by atoms with E-state index in [2.05, 4.69) is 9.97 Å². The van der Waals surface area contributed by atoms with Crippen LogP contribution in [0.3, 0.4) is 0 Å². The first-order valence-electron chi connectivity index (χ1n) is 5.28. The summed E-state index contributed by atoms with van der Waals surface area (Å²) in [6, 6.07) is 7.46. The largest absolute Gasteiger partial charge is 0.366 e. The van der Waals surface area contributed by atoms with Gasteiger partial charge >= 0.3 is 0 Å². The highest BCUT2D eigenvalue weighted by atomic mass is 16.1. The van der Waals surface area contributed by atoms with Gasteiger partial charge in [0.1, 0.15) is 0 Å². The normalized spacial score (nSPS) is 10.2. The second kappa shape index (κ2) is 4.33. The van der Waals surface area contributed by atoms with E-state index < -0.39 is 5.91 Å². The molecule has 0 saturated carbocycles. The van der Waals surface area contributed by atoms with Crippen LogP contribution in [-0.4, -0.2) is 15.9 Å². The Morgan fingerprint density at radius 1 is 1.29 bits per heavy atom. The molecule has 17 heavy (non-hydrogen) atoms. The zero-order valence-corrected chi connectivity index (χ0v) is 9.77. The Kier molecular flexibility index (Phi) is 2.87. The van der Waals surface area contributed by atoms with Crippen molar-refractivity contribution in [2.75, 3.05) is 0 Å². The molecule has 4 nitrogen and oxygen atoms in total. The number of primary amides is 1. The average molecular weight is 227 g/mol. The number of amides is 1. The van der Waals surface area contributed by atoms with Crippen molar-refractivity contribution in [2.24, 2.45) is 5.73 Å². The van der Waals surface area contributed by atoms with E-state index in [1.54, 1.807) is 6.07 Å². The van der Waals surface area contributed by atoms with Gasteiger partial charge in [-0.3, -0.25) is 14.8 Å². The van der Waals surface area contributed by atoms with E-state index in [-0.39, 0.29) is 0 Å². The van der Waals surface area contributed by atoms with Crippen LogP contribution in [0.25, 0.3) is 11.3 Å². The number of pyridine rings is 2. The van der Waals surface area contributed by atoms with Crippen molar-refractivity contribution in [3.8, 4) is 11.3 Å². The number of hydrogen-bond acceptors (Lipinski definition) is 3. The molecule has 0 atom stereocenters. The number of aromatic nitrogens is 2. The van der Waals surface area contributed by atoms with Crippen LogP contribution in [0.1, 0.15) is 21.7 Å². The summed E-state index contributed by atoms with van der Waals surface area (Å²) in [6.45, 7) is 3.80. The van der Waals surface area contributed by atoms with Gasteiger partial charge in [-0.1, -0.05) is 6.07 Å². The Labute approximate surface area is 99.5 Å². The zero-order valence-electron chi connectivity index (χ0n) is 9.77. The van der Waals surface area contributed by atoms with E-state index in [9.17, 15) is 4.79 Å². The van der Waals surface area contributed by atoms with Gasteiger partial charge in [0.25, 0.3) is 0 Å². The lowest BCUT2D eigenvalue weighted by atomic mass is 10.1. The van der Waals surface area contributed by atoms with E-state index in [1.165, 1.54) is 6.20 Å². The maximum absolute atomic E-state index is 11.1. The van der Waals surface area contributed by atoms with Crippen LogP contribution in [-0.2, 0) is 0 Å². The molecule has 86 valence electrons. The lowest BCUT2D eigenvalue weighted by molar-refractivity contribution is 0.1000. The summed E-state index contributed by atoms with van der Waals surface area (Å²) in [7, 11) is 0. The molecular formula is C13H13N3O. The first kappa shape index (κ1) is 11.3. The molecule has 2 aromatic heterocycles. The van der Waals surface area contributed by atoms with Gasteiger partial charge in [0.15, 0.2) is 0 Å². The van der Waals surface area contributed by atoms with Gasteiger partial charge in [0.05, 0.1) is 11.3 Å². The minimum absolute atomic E-state index is 0.397. The Morgan fingerprint density at radius 2 is 2.06 bits per heavy atom. The predicted octanol–water partition coefficient (Wildman–Crippen LogP) is 1.86. The number of aryl methyl sites for hydroxylation is 2. The maximum Gasteiger partial charge on any atom is 0.250 e. The number of carbonyl (C=O) groups excluding carboxylic acids is 1. The van der Waals surface area contributed by atoms with E-state index in [0.717, 1.165) is 22.6 Å². The molecule has 0 radical (unpaired) electrons. The average Bonchev–Trinajstić information content (AvgIpc) is 2.29. The molecule has 0 bridgehead atoms. The molecule has 2 heterocycles. The fraction of sp³-hybridized carbons (Fsp3) is 0.154. The van der Waals surface area contributed by atoms with Gasteiger partial charge in [0, 0.05) is 23.1 Å². The standard InChI is InChI=1S/C13H13N3O/c1-8-4-3-5-12(16-8)11-6-10(13(14)17)7-15-9(11)2/h3-7H,1-2H3,(H2,14,17). The van der Waals surface area contributed by atoms with Crippen molar-refractivity contribution < 1.29 is 4.79 Å². The van der Waals surface area contributed by atoms with Crippen LogP contribution >= 0.6 is 0 Å². The second-order valence-electron chi connectivity index (χ2n) is 3.89. The van der Waals surface area contributed by atoms with E-state index >= 15 is 0 Å². The summed E-state index contributed by atoms with van der Waals surface area (Å²) in [5, 5.41) is 0. The molecule has 0 aromatic carbocycles. The van der Waals surface area contributed by atoms with Crippen molar-refractivity contribution in [3.05, 3.63) is 47.4 Å². The predicted molar refractivity (Wildman–Crippen MR) is 65.5 cm³/mol. The van der Waals surface area contributed by atoms with Crippen LogP contribution in [0.2, 0.25) is 0 Å². The fourth-order valence-electron chi connectivity index (χ4n) is 1.62. The minimum Gasteiger partial charge on any atom is -0.366 e. The summed E-state index contributed by atoms with van der Waals surface area (Å²) in [5.41, 5.74) is 9.03. The third-order valence-electron chi connectivity index (χ3n) is 2.54. The number of nitrogens with zero attached hydrogens (tertiary/aromatic N) is 2. The highest BCUT2D eigenvalue weighted by Crippen LogP contribution is 2.21. The molecule has 1 amide bonds. The molecule has 0 aliphatic heterocycles. The molecule has 2 N–H and O–H groups in total. The lowest BCUT2D eigenvalue weighted by Gasteiger charge is -2.06. The fourth-order valence-corrected chi connectivity index (χ4v) is 1.62. The smallest absolute Gasteiger partial charge is 0.250 e. The summed E-state index contributed by atoms with van der Waals surface area (Å²) in [4.78, 5) is 19.7. The summed E-state index contributed by atoms with van der Waals surface area (Å²) >= 11 is 0. The Hall–Kier alpha value is -2.23. The van der Waals surface area contributed by atoms with Gasteiger partial charge < -0.3 is 5.73 Å². The van der Waals surface area contributed by atoms with E-state index in [0.29, 0.717) is 5.56 Å². The number of carbonyl (C=O) groups is 1. The first-order valence-corrected chi connectivity index (χ1v) is 5.28. The van der Waals surface area contributed by atoms with Gasteiger partial charge in [-0.05, 0) is 32.0 Å². The maximum atomic E-state index is 11.1. The molecule has 0 saturated heterocycles. The monoisotopic (exact) mass is 227 g/mol. The third-order valence-corrected chi connectivity index (χ3v) is 2.54. The molecular weight excluding hydrogens is 214 g/mol. The topological polar surface area (TPSA) is 68.9 Å². The van der Waals surface area contributed by atoms with Crippen LogP contribution in [0.5, 0.6) is 0 Å². The molecule has 4 heteroatoms. The minimum atomic E-state index is -0.480. The SMILES string of the molecule is Cc1cccc(-c2cc(C(N)=O)cnc2C)n1. The number of nitrogens with two attached hydrogens (primary N) is 1. The van der Waals surface area contributed by atoms with Gasteiger partial charge in [0.2, 0.25) is 5.91 Å². The summed E-state index contributed by atoms with van der Waals surface area (Å²) in [5.74, 6) is -0.480. The third kappa shape index (κ3) is 2.30. The molecule has 0 fully saturated rings. The van der Waals surface area contributed by atoms with Crippen molar-refractivity contribution >= 4 is 5.91 Å². The second-order valence-corrected chi connectivity index (χ2v) is 3.89. The quantitative estimate of drug-likeness (QED) is 0.851.